The van der Waals surface area contributed by atoms with E-state index in [9.17, 15) is 8.42 Å². The van der Waals surface area contributed by atoms with Gasteiger partial charge in [0.15, 0.2) is 0 Å². The Morgan fingerprint density at radius 1 is 1.08 bits per heavy atom. The number of aryl methyl sites for hydroxylation is 1. The van der Waals surface area contributed by atoms with Gasteiger partial charge in [-0.3, -0.25) is 0 Å². The molecular weight excluding hydrogens is 186 g/mol. The first-order valence-electron chi connectivity index (χ1n) is 3.93. The first-order valence-corrected chi connectivity index (χ1v) is 5.48. The van der Waals surface area contributed by atoms with E-state index in [4.69, 9.17) is 5.14 Å². The fourth-order valence-corrected chi connectivity index (χ4v) is 2.08. The molecule has 0 amide bonds. The summed E-state index contributed by atoms with van der Waals surface area (Å²) in [4.78, 5) is 0.218. The third-order valence-corrected chi connectivity index (χ3v) is 3.37. The zero-order chi connectivity index (χ0) is 10.2. The SMILES string of the molecule is Cc1ccc(S(N)(=O)=O)c(C)c1C. The van der Waals surface area contributed by atoms with Crippen LogP contribution >= 0.6 is 0 Å². The molecule has 0 atom stereocenters. The molecule has 1 aromatic carbocycles. The number of primary sulfonamides is 1. The predicted octanol–water partition coefficient (Wildman–Crippen LogP) is 1.26. The first kappa shape index (κ1) is 10.2. The third kappa shape index (κ3) is 1.89. The van der Waals surface area contributed by atoms with E-state index in [0.29, 0.717) is 0 Å². The lowest BCUT2D eigenvalue weighted by atomic mass is 10.1. The molecule has 13 heavy (non-hydrogen) atoms. The molecule has 1 aromatic rings. The summed E-state index contributed by atoms with van der Waals surface area (Å²) < 4.78 is 22.2. The van der Waals surface area contributed by atoms with E-state index in [1.807, 2.05) is 13.8 Å². The second kappa shape index (κ2) is 3.12. The predicted molar refractivity (Wildman–Crippen MR) is 52.0 cm³/mol. The largest absolute Gasteiger partial charge is 0.238 e. The third-order valence-electron chi connectivity index (χ3n) is 2.31. The van der Waals surface area contributed by atoms with Gasteiger partial charge in [0.05, 0.1) is 4.90 Å². The van der Waals surface area contributed by atoms with Crippen molar-refractivity contribution in [2.45, 2.75) is 25.7 Å². The van der Waals surface area contributed by atoms with Gasteiger partial charge < -0.3 is 0 Å². The summed E-state index contributed by atoms with van der Waals surface area (Å²) in [6.45, 7) is 5.59. The quantitative estimate of drug-likeness (QED) is 0.740. The summed E-state index contributed by atoms with van der Waals surface area (Å²) in [5, 5.41) is 5.05. The molecule has 0 saturated carbocycles. The Hall–Kier alpha value is -0.870. The minimum absolute atomic E-state index is 0.218. The van der Waals surface area contributed by atoms with Gasteiger partial charge in [-0.05, 0) is 43.5 Å². The Kier molecular flexibility index (Phi) is 2.45. The lowest BCUT2D eigenvalue weighted by Gasteiger charge is -2.08. The molecule has 0 unspecified atom stereocenters. The summed E-state index contributed by atoms with van der Waals surface area (Å²) in [7, 11) is -3.57. The van der Waals surface area contributed by atoms with E-state index in [-0.39, 0.29) is 4.90 Å². The molecule has 0 spiro atoms. The fourth-order valence-electron chi connectivity index (χ4n) is 1.24. The molecule has 0 bridgehead atoms. The van der Waals surface area contributed by atoms with Crippen molar-refractivity contribution in [2.24, 2.45) is 5.14 Å². The number of hydrogen-bond acceptors (Lipinski definition) is 2. The van der Waals surface area contributed by atoms with Crippen LogP contribution in [-0.4, -0.2) is 8.42 Å². The molecule has 0 aliphatic carbocycles. The van der Waals surface area contributed by atoms with Crippen LogP contribution in [0.15, 0.2) is 17.0 Å². The zero-order valence-corrected chi connectivity index (χ0v) is 8.77. The lowest BCUT2D eigenvalue weighted by molar-refractivity contribution is 0.597. The molecule has 4 heteroatoms. The molecule has 1 rings (SSSR count). The minimum Gasteiger partial charge on any atom is -0.225 e. The average molecular weight is 199 g/mol. The van der Waals surface area contributed by atoms with Gasteiger partial charge in [0.1, 0.15) is 0 Å². The van der Waals surface area contributed by atoms with Gasteiger partial charge >= 0.3 is 0 Å². The Morgan fingerprint density at radius 3 is 2.08 bits per heavy atom. The number of sulfonamides is 1. The van der Waals surface area contributed by atoms with Gasteiger partial charge in [-0.2, -0.15) is 0 Å². The van der Waals surface area contributed by atoms with E-state index in [0.717, 1.165) is 16.7 Å². The Labute approximate surface area is 78.6 Å². The van der Waals surface area contributed by atoms with Gasteiger partial charge in [0, 0.05) is 0 Å². The summed E-state index contributed by atoms with van der Waals surface area (Å²) in [6, 6.07) is 3.31. The van der Waals surface area contributed by atoms with Gasteiger partial charge in [0.25, 0.3) is 0 Å². The van der Waals surface area contributed by atoms with E-state index in [2.05, 4.69) is 0 Å². The van der Waals surface area contributed by atoms with Crippen molar-refractivity contribution in [1.82, 2.24) is 0 Å². The average Bonchev–Trinajstić information content (AvgIpc) is 1.98. The molecule has 0 saturated heterocycles. The van der Waals surface area contributed by atoms with E-state index in [1.165, 1.54) is 0 Å². The smallest absolute Gasteiger partial charge is 0.225 e. The summed E-state index contributed by atoms with van der Waals surface area (Å²) in [5.74, 6) is 0. The number of nitrogens with two attached hydrogens (primary N) is 1. The maximum absolute atomic E-state index is 11.1. The molecular formula is C9H13NO2S. The highest BCUT2D eigenvalue weighted by Crippen LogP contribution is 2.19. The van der Waals surface area contributed by atoms with Crippen LogP contribution in [0.3, 0.4) is 0 Å². The van der Waals surface area contributed by atoms with Crippen LogP contribution in [0.5, 0.6) is 0 Å². The summed E-state index contributed by atoms with van der Waals surface area (Å²) >= 11 is 0. The lowest BCUT2D eigenvalue weighted by Crippen LogP contribution is -2.14. The molecule has 0 heterocycles. The minimum atomic E-state index is -3.57. The van der Waals surface area contributed by atoms with Crippen LogP contribution in [-0.2, 0) is 10.0 Å². The normalized spacial score (nSPS) is 11.7. The van der Waals surface area contributed by atoms with Crippen LogP contribution < -0.4 is 5.14 Å². The van der Waals surface area contributed by atoms with Crippen LogP contribution in [0.1, 0.15) is 16.7 Å². The highest BCUT2D eigenvalue weighted by atomic mass is 32.2. The second-order valence-electron chi connectivity index (χ2n) is 3.18. The monoisotopic (exact) mass is 199 g/mol. The van der Waals surface area contributed by atoms with Gasteiger partial charge in [-0.15, -0.1) is 0 Å². The summed E-state index contributed by atoms with van der Waals surface area (Å²) in [5.41, 5.74) is 2.79. The van der Waals surface area contributed by atoms with Crippen LogP contribution in [0.4, 0.5) is 0 Å². The highest BCUT2D eigenvalue weighted by Gasteiger charge is 2.12. The van der Waals surface area contributed by atoms with Crippen molar-refractivity contribution in [3.8, 4) is 0 Å². The van der Waals surface area contributed by atoms with Crippen molar-refractivity contribution < 1.29 is 8.42 Å². The molecule has 0 radical (unpaired) electrons. The molecule has 3 nitrogen and oxygen atoms in total. The van der Waals surface area contributed by atoms with Gasteiger partial charge in [0.2, 0.25) is 10.0 Å². The molecule has 72 valence electrons. The molecule has 0 fully saturated rings. The van der Waals surface area contributed by atoms with E-state index >= 15 is 0 Å². The van der Waals surface area contributed by atoms with Crippen molar-refractivity contribution in [1.29, 1.82) is 0 Å². The van der Waals surface area contributed by atoms with Crippen molar-refractivity contribution in [3.63, 3.8) is 0 Å². The van der Waals surface area contributed by atoms with Gasteiger partial charge in [-0.25, -0.2) is 13.6 Å². The summed E-state index contributed by atoms with van der Waals surface area (Å²) in [6.07, 6.45) is 0. The maximum Gasteiger partial charge on any atom is 0.238 e. The van der Waals surface area contributed by atoms with Crippen molar-refractivity contribution >= 4 is 10.0 Å². The van der Waals surface area contributed by atoms with Crippen LogP contribution in [0, 0.1) is 20.8 Å². The number of benzene rings is 1. The standard InChI is InChI=1S/C9H13NO2S/c1-6-4-5-9(13(10,11)12)8(3)7(6)2/h4-5H,1-3H3,(H2,10,11,12). The molecule has 0 aliphatic heterocycles. The maximum atomic E-state index is 11.1. The van der Waals surface area contributed by atoms with E-state index < -0.39 is 10.0 Å². The number of rotatable bonds is 1. The topological polar surface area (TPSA) is 60.2 Å². The molecule has 0 aromatic heterocycles. The van der Waals surface area contributed by atoms with Crippen molar-refractivity contribution in [2.75, 3.05) is 0 Å². The van der Waals surface area contributed by atoms with Crippen molar-refractivity contribution in [3.05, 3.63) is 28.8 Å². The Bertz CT molecular complexity index is 435. The first-order chi connectivity index (χ1) is 5.84. The molecule has 0 aliphatic rings. The fraction of sp³-hybridized carbons (Fsp3) is 0.333. The van der Waals surface area contributed by atoms with Crippen LogP contribution in [0.2, 0.25) is 0 Å². The number of hydrogen-bond donors (Lipinski definition) is 1. The second-order valence-corrected chi connectivity index (χ2v) is 4.71. The van der Waals surface area contributed by atoms with E-state index in [1.54, 1.807) is 19.1 Å². The molecule has 2 N–H and O–H groups in total. The Morgan fingerprint density at radius 2 is 1.62 bits per heavy atom. The Balaban J connectivity index is 3.53. The highest BCUT2D eigenvalue weighted by molar-refractivity contribution is 7.89. The zero-order valence-electron chi connectivity index (χ0n) is 7.96. The van der Waals surface area contributed by atoms with Gasteiger partial charge in [-0.1, -0.05) is 6.07 Å². The van der Waals surface area contributed by atoms with Crippen LogP contribution in [0.25, 0.3) is 0 Å².